The quantitative estimate of drug-likeness (QED) is 0.873. The Morgan fingerprint density at radius 3 is 2.68 bits per heavy atom. The molecule has 0 bridgehead atoms. The number of likely N-dealkylation sites (tertiary alicyclic amines) is 1. The Hall–Kier alpha value is -0.940. The maximum absolute atomic E-state index is 12.5. The van der Waals surface area contributed by atoms with Gasteiger partial charge in [-0.1, -0.05) is 26.1 Å². The van der Waals surface area contributed by atoms with Crippen LogP contribution >= 0.6 is 23.6 Å². The molecular weight excluding hydrogens is 276 g/mol. The Balaban J connectivity index is 2.06. The molecule has 0 saturated carbocycles. The van der Waals surface area contributed by atoms with Crippen molar-refractivity contribution in [1.29, 1.82) is 0 Å². The lowest BCUT2D eigenvalue weighted by Crippen LogP contribution is -2.46. The van der Waals surface area contributed by atoms with Crippen LogP contribution in [0.4, 0.5) is 0 Å². The van der Waals surface area contributed by atoms with E-state index in [0.717, 1.165) is 42.8 Å². The first-order chi connectivity index (χ1) is 8.98. The van der Waals surface area contributed by atoms with E-state index in [0.29, 0.717) is 4.99 Å². The second-order valence-corrected chi connectivity index (χ2v) is 6.70. The Morgan fingerprint density at radius 1 is 1.53 bits per heavy atom. The molecule has 2 heterocycles. The molecule has 1 saturated heterocycles. The van der Waals surface area contributed by atoms with E-state index in [4.69, 9.17) is 18.0 Å². The molecule has 2 N–H and O–H groups in total. The average molecular weight is 296 g/mol. The van der Waals surface area contributed by atoms with Gasteiger partial charge >= 0.3 is 0 Å². The summed E-state index contributed by atoms with van der Waals surface area (Å²) in [6.07, 6.45) is 2.63. The molecule has 0 atom stereocenters. The molecule has 1 aromatic heterocycles. The van der Waals surface area contributed by atoms with E-state index in [9.17, 15) is 4.79 Å². The third kappa shape index (κ3) is 2.82. The molecular formula is C14H20N2OS2. The van der Waals surface area contributed by atoms with Crippen molar-refractivity contribution < 1.29 is 4.79 Å². The number of thiophene rings is 1. The number of thiocarbonyl (C=S) groups is 1. The van der Waals surface area contributed by atoms with E-state index in [1.807, 2.05) is 16.3 Å². The van der Waals surface area contributed by atoms with Gasteiger partial charge in [0.2, 0.25) is 0 Å². The van der Waals surface area contributed by atoms with Gasteiger partial charge in [0.15, 0.2) is 0 Å². The summed E-state index contributed by atoms with van der Waals surface area (Å²) in [5.74, 6) is 0.164. The summed E-state index contributed by atoms with van der Waals surface area (Å²) in [4.78, 5) is 15.9. The molecule has 1 aromatic rings. The zero-order valence-corrected chi connectivity index (χ0v) is 13.1. The zero-order chi connectivity index (χ0) is 14.0. The molecule has 0 aromatic carbocycles. The van der Waals surface area contributed by atoms with E-state index in [1.165, 1.54) is 0 Å². The molecule has 1 aliphatic heterocycles. The predicted molar refractivity (Wildman–Crippen MR) is 83.7 cm³/mol. The van der Waals surface area contributed by atoms with Gasteiger partial charge in [0.1, 0.15) is 0 Å². The minimum atomic E-state index is -0.0881. The molecule has 0 unspecified atom stereocenters. The van der Waals surface area contributed by atoms with E-state index in [2.05, 4.69) is 13.8 Å². The van der Waals surface area contributed by atoms with Crippen molar-refractivity contribution in [2.75, 3.05) is 13.1 Å². The van der Waals surface area contributed by atoms with Crippen molar-refractivity contribution >= 4 is 34.5 Å². The van der Waals surface area contributed by atoms with Crippen LogP contribution in [0.1, 0.15) is 41.9 Å². The van der Waals surface area contributed by atoms with Gasteiger partial charge in [0.05, 0.1) is 9.87 Å². The summed E-state index contributed by atoms with van der Waals surface area (Å²) in [6.45, 7) is 5.67. The first-order valence-electron chi connectivity index (χ1n) is 6.63. The third-order valence-corrected chi connectivity index (χ3v) is 5.51. The van der Waals surface area contributed by atoms with Crippen molar-refractivity contribution in [3.63, 3.8) is 0 Å². The fourth-order valence-electron chi connectivity index (χ4n) is 2.40. The smallest absolute Gasteiger partial charge is 0.264 e. The number of hydrogen-bond acceptors (Lipinski definition) is 3. The van der Waals surface area contributed by atoms with Crippen LogP contribution in [0.3, 0.4) is 0 Å². The fraction of sp³-hybridized carbons (Fsp3) is 0.571. The SMILES string of the molecule is CCc1ccsc1C(=O)N1CCC(C)(C(N)=S)CC1. The van der Waals surface area contributed by atoms with Gasteiger partial charge in [0.25, 0.3) is 5.91 Å². The van der Waals surface area contributed by atoms with Gasteiger partial charge in [-0.15, -0.1) is 11.3 Å². The van der Waals surface area contributed by atoms with Crippen LogP contribution in [0.5, 0.6) is 0 Å². The number of hydrogen-bond donors (Lipinski definition) is 1. The number of piperidine rings is 1. The topological polar surface area (TPSA) is 46.3 Å². The van der Waals surface area contributed by atoms with Crippen molar-refractivity contribution in [2.24, 2.45) is 11.1 Å². The van der Waals surface area contributed by atoms with Crippen LogP contribution in [0.25, 0.3) is 0 Å². The molecule has 0 aliphatic carbocycles. The predicted octanol–water partition coefficient (Wildman–Crippen LogP) is 2.84. The molecule has 0 radical (unpaired) electrons. The maximum Gasteiger partial charge on any atom is 0.264 e. The van der Waals surface area contributed by atoms with Gasteiger partial charge < -0.3 is 10.6 Å². The van der Waals surface area contributed by atoms with Crippen LogP contribution in [0.15, 0.2) is 11.4 Å². The number of carbonyl (C=O) groups excluding carboxylic acids is 1. The summed E-state index contributed by atoms with van der Waals surface area (Å²) in [5, 5.41) is 2.00. The van der Waals surface area contributed by atoms with E-state index < -0.39 is 0 Å². The monoisotopic (exact) mass is 296 g/mol. The summed E-state index contributed by atoms with van der Waals surface area (Å²) < 4.78 is 0. The van der Waals surface area contributed by atoms with Crippen molar-refractivity contribution in [3.8, 4) is 0 Å². The summed E-state index contributed by atoms with van der Waals surface area (Å²) in [7, 11) is 0. The first-order valence-corrected chi connectivity index (χ1v) is 7.92. The third-order valence-electron chi connectivity index (χ3n) is 4.07. The number of carbonyl (C=O) groups is 1. The number of aryl methyl sites for hydroxylation is 1. The molecule has 0 spiro atoms. The minimum absolute atomic E-state index is 0.0881. The number of rotatable bonds is 3. The van der Waals surface area contributed by atoms with Crippen LogP contribution < -0.4 is 5.73 Å². The van der Waals surface area contributed by atoms with Crippen LogP contribution in [0.2, 0.25) is 0 Å². The highest BCUT2D eigenvalue weighted by Gasteiger charge is 2.34. The fourth-order valence-corrected chi connectivity index (χ4v) is 3.56. The zero-order valence-electron chi connectivity index (χ0n) is 11.4. The molecule has 1 fully saturated rings. The second kappa shape index (κ2) is 5.59. The Morgan fingerprint density at radius 2 is 2.16 bits per heavy atom. The molecule has 104 valence electrons. The van der Waals surface area contributed by atoms with Gasteiger partial charge in [0, 0.05) is 18.5 Å². The normalized spacial score (nSPS) is 18.3. The Bertz CT molecular complexity index is 487. The number of amides is 1. The van der Waals surface area contributed by atoms with Crippen molar-refractivity contribution in [3.05, 3.63) is 21.9 Å². The van der Waals surface area contributed by atoms with Gasteiger partial charge in [-0.25, -0.2) is 0 Å². The molecule has 3 nitrogen and oxygen atoms in total. The van der Waals surface area contributed by atoms with Crippen molar-refractivity contribution in [1.82, 2.24) is 4.90 Å². The lowest BCUT2D eigenvalue weighted by atomic mass is 9.80. The van der Waals surface area contributed by atoms with E-state index >= 15 is 0 Å². The Labute approximate surface area is 123 Å². The summed E-state index contributed by atoms with van der Waals surface area (Å²) in [6, 6.07) is 2.04. The highest BCUT2D eigenvalue weighted by Crippen LogP contribution is 2.32. The standard InChI is InChI=1S/C14H20N2OS2/c1-3-10-4-9-19-11(10)12(17)16-7-5-14(2,6-8-16)13(15)18/h4,9H,3,5-8H2,1-2H3,(H2,15,18). The highest BCUT2D eigenvalue weighted by molar-refractivity contribution is 7.80. The molecule has 1 aliphatic rings. The molecule has 2 rings (SSSR count). The maximum atomic E-state index is 12.5. The first kappa shape index (κ1) is 14.5. The van der Waals surface area contributed by atoms with E-state index in [1.54, 1.807) is 11.3 Å². The van der Waals surface area contributed by atoms with Crippen LogP contribution in [0, 0.1) is 5.41 Å². The lowest BCUT2D eigenvalue weighted by molar-refractivity contribution is 0.0674. The number of nitrogens with two attached hydrogens (primary N) is 1. The lowest BCUT2D eigenvalue weighted by Gasteiger charge is -2.38. The summed E-state index contributed by atoms with van der Waals surface area (Å²) in [5.41, 5.74) is 6.86. The van der Waals surface area contributed by atoms with Crippen molar-refractivity contribution in [2.45, 2.75) is 33.1 Å². The Kier molecular flexibility index (Phi) is 4.26. The largest absolute Gasteiger partial charge is 0.393 e. The molecule has 1 amide bonds. The van der Waals surface area contributed by atoms with E-state index in [-0.39, 0.29) is 11.3 Å². The second-order valence-electron chi connectivity index (χ2n) is 5.35. The summed E-state index contributed by atoms with van der Waals surface area (Å²) >= 11 is 6.67. The average Bonchev–Trinajstić information content (AvgIpc) is 2.87. The molecule has 19 heavy (non-hydrogen) atoms. The van der Waals surface area contributed by atoms with Crippen LogP contribution in [-0.4, -0.2) is 28.9 Å². The number of nitrogens with zero attached hydrogens (tertiary/aromatic N) is 1. The van der Waals surface area contributed by atoms with Gasteiger partial charge in [-0.05, 0) is 36.3 Å². The van der Waals surface area contributed by atoms with Crippen LogP contribution in [-0.2, 0) is 6.42 Å². The molecule has 5 heteroatoms. The minimum Gasteiger partial charge on any atom is -0.393 e. The van der Waals surface area contributed by atoms with Gasteiger partial charge in [-0.2, -0.15) is 0 Å². The highest BCUT2D eigenvalue weighted by atomic mass is 32.1. The van der Waals surface area contributed by atoms with Gasteiger partial charge in [-0.3, -0.25) is 4.79 Å².